The van der Waals surface area contributed by atoms with Gasteiger partial charge in [-0.15, -0.1) is 0 Å². The van der Waals surface area contributed by atoms with Gasteiger partial charge in [-0.1, -0.05) is 11.6 Å². The topological polar surface area (TPSA) is 121 Å². The first-order valence-corrected chi connectivity index (χ1v) is 13.6. The Morgan fingerprint density at radius 3 is 2.46 bits per heavy atom. The lowest BCUT2D eigenvalue weighted by Gasteiger charge is -2.40. The Labute approximate surface area is 234 Å². The normalized spacial score (nSPS) is 21.6. The van der Waals surface area contributed by atoms with E-state index in [0.29, 0.717) is 41.8 Å². The number of nitrogens with one attached hydrogen (secondary N) is 1. The van der Waals surface area contributed by atoms with Gasteiger partial charge in [0.15, 0.2) is 0 Å². The van der Waals surface area contributed by atoms with Gasteiger partial charge in [-0.05, 0) is 65.5 Å². The van der Waals surface area contributed by atoms with Crippen molar-refractivity contribution in [3.63, 3.8) is 0 Å². The average molecular weight is 555 g/mol. The lowest BCUT2D eigenvalue weighted by molar-refractivity contribution is 0.0158. The van der Waals surface area contributed by atoms with Gasteiger partial charge in [0, 0.05) is 37.8 Å². The summed E-state index contributed by atoms with van der Waals surface area (Å²) in [4.78, 5) is 37.9. The monoisotopic (exact) mass is 554 g/mol. The minimum absolute atomic E-state index is 0.0272. The van der Waals surface area contributed by atoms with Crippen LogP contribution in [0.25, 0.3) is 0 Å². The molecule has 0 spiro atoms. The summed E-state index contributed by atoms with van der Waals surface area (Å²) in [6.07, 6.45) is 5.97. The van der Waals surface area contributed by atoms with E-state index < -0.39 is 5.60 Å². The summed E-state index contributed by atoms with van der Waals surface area (Å²) in [5.74, 6) is 1.06. The summed E-state index contributed by atoms with van der Waals surface area (Å²) >= 11 is 6.10. The van der Waals surface area contributed by atoms with Crippen LogP contribution >= 0.6 is 11.6 Å². The van der Waals surface area contributed by atoms with Crippen molar-refractivity contribution in [1.82, 2.24) is 20.2 Å². The number of hydrogen-bond donors (Lipinski definition) is 1. The third-order valence-corrected chi connectivity index (χ3v) is 7.14. The molecule has 1 aliphatic carbocycles. The number of aromatic nitrogens is 2. The fraction of sp³-hybridized carbons (Fsp3) is 0.536. The standard InChI is InChI=1S/C28H35ClN6O4/c1-18-17-34(11-12-35(18)27(37)39-28(2,3)4)25-16-31-24(15-32-25)26(36)33-20-6-9-21(10-7-20)38-22-8-5-19(14-30)23(29)13-22/h5,8,13,15-16,18,20-21H,6-7,9-12,17H2,1-4H3,(H,33,36)/t18-,20?,21?/m0/s1. The highest BCUT2D eigenvalue weighted by atomic mass is 35.5. The number of halogens is 1. The third kappa shape index (κ3) is 7.51. The first-order chi connectivity index (χ1) is 18.5. The Kier molecular flexibility index (Phi) is 8.80. The Bertz CT molecular complexity index is 1220. The predicted molar refractivity (Wildman–Crippen MR) is 147 cm³/mol. The number of carbonyl (C=O) groups is 2. The van der Waals surface area contributed by atoms with Gasteiger partial charge in [-0.25, -0.2) is 14.8 Å². The predicted octanol–water partition coefficient (Wildman–Crippen LogP) is 4.57. The second-order valence-corrected chi connectivity index (χ2v) is 11.5. The van der Waals surface area contributed by atoms with Crippen molar-refractivity contribution in [2.24, 2.45) is 0 Å². The van der Waals surface area contributed by atoms with E-state index in [4.69, 9.17) is 26.3 Å². The molecule has 2 heterocycles. The fourth-order valence-corrected chi connectivity index (χ4v) is 5.01. The fourth-order valence-electron chi connectivity index (χ4n) is 4.80. The molecule has 0 unspecified atom stereocenters. The van der Waals surface area contributed by atoms with Crippen molar-refractivity contribution in [1.29, 1.82) is 5.26 Å². The number of nitriles is 1. The summed E-state index contributed by atoms with van der Waals surface area (Å²) in [5, 5.41) is 12.5. The zero-order valence-corrected chi connectivity index (χ0v) is 23.6. The van der Waals surface area contributed by atoms with Crippen molar-refractivity contribution in [3.05, 3.63) is 46.9 Å². The zero-order valence-electron chi connectivity index (χ0n) is 22.8. The maximum absolute atomic E-state index is 12.8. The number of hydrogen-bond acceptors (Lipinski definition) is 8. The molecular weight excluding hydrogens is 520 g/mol. The Morgan fingerprint density at radius 2 is 1.87 bits per heavy atom. The molecule has 2 aliphatic rings. The molecule has 1 saturated carbocycles. The molecule has 2 aromatic rings. The van der Waals surface area contributed by atoms with Crippen molar-refractivity contribution in [3.8, 4) is 11.8 Å². The molecule has 2 fully saturated rings. The number of piperazine rings is 1. The van der Waals surface area contributed by atoms with Crippen LogP contribution in [0.1, 0.15) is 69.4 Å². The molecule has 10 nitrogen and oxygen atoms in total. The summed E-state index contributed by atoms with van der Waals surface area (Å²) in [7, 11) is 0. The van der Waals surface area contributed by atoms with Crippen LogP contribution in [0.2, 0.25) is 5.02 Å². The van der Waals surface area contributed by atoms with Crippen LogP contribution < -0.4 is 15.0 Å². The van der Waals surface area contributed by atoms with Gasteiger partial charge in [0.25, 0.3) is 5.91 Å². The molecule has 1 saturated heterocycles. The van der Waals surface area contributed by atoms with Crippen molar-refractivity contribution in [2.45, 2.75) is 77.2 Å². The molecule has 1 aromatic carbocycles. The first-order valence-electron chi connectivity index (χ1n) is 13.3. The van der Waals surface area contributed by atoms with Crippen LogP contribution in [-0.4, -0.2) is 70.3 Å². The minimum Gasteiger partial charge on any atom is -0.490 e. The molecule has 11 heteroatoms. The van der Waals surface area contributed by atoms with Gasteiger partial charge in [0.1, 0.15) is 28.9 Å². The highest BCUT2D eigenvalue weighted by Crippen LogP contribution is 2.27. The van der Waals surface area contributed by atoms with Crippen LogP contribution in [0.4, 0.5) is 10.6 Å². The van der Waals surface area contributed by atoms with E-state index in [0.717, 1.165) is 25.7 Å². The van der Waals surface area contributed by atoms with E-state index >= 15 is 0 Å². The molecule has 1 N–H and O–H groups in total. The molecule has 1 aromatic heterocycles. The van der Waals surface area contributed by atoms with Crippen LogP contribution in [-0.2, 0) is 4.74 Å². The summed E-state index contributed by atoms with van der Waals surface area (Å²) in [6.45, 7) is 9.26. The molecule has 1 aliphatic heterocycles. The quantitative estimate of drug-likeness (QED) is 0.570. The molecule has 208 valence electrons. The van der Waals surface area contributed by atoms with Gasteiger partial charge >= 0.3 is 6.09 Å². The number of benzene rings is 1. The highest BCUT2D eigenvalue weighted by Gasteiger charge is 2.31. The third-order valence-electron chi connectivity index (χ3n) is 6.82. The molecular formula is C28H35ClN6O4. The van der Waals surface area contributed by atoms with E-state index in [9.17, 15) is 9.59 Å². The highest BCUT2D eigenvalue weighted by molar-refractivity contribution is 6.31. The maximum atomic E-state index is 12.8. The van der Waals surface area contributed by atoms with Gasteiger partial charge in [0.2, 0.25) is 0 Å². The van der Waals surface area contributed by atoms with Crippen LogP contribution in [0.15, 0.2) is 30.6 Å². The van der Waals surface area contributed by atoms with Crippen molar-refractivity contribution < 1.29 is 19.1 Å². The largest absolute Gasteiger partial charge is 0.490 e. The molecule has 1 atom stereocenters. The number of nitrogens with zero attached hydrogens (tertiary/aromatic N) is 5. The summed E-state index contributed by atoms with van der Waals surface area (Å²) < 4.78 is 11.5. The smallest absolute Gasteiger partial charge is 0.410 e. The van der Waals surface area contributed by atoms with Crippen molar-refractivity contribution in [2.75, 3.05) is 24.5 Å². The van der Waals surface area contributed by atoms with E-state index in [1.807, 2.05) is 33.8 Å². The van der Waals surface area contributed by atoms with Crippen LogP contribution in [0, 0.1) is 11.3 Å². The van der Waals surface area contributed by atoms with Gasteiger partial charge in [0.05, 0.1) is 29.1 Å². The molecule has 0 radical (unpaired) electrons. The number of carbonyl (C=O) groups excluding carboxylic acids is 2. The second-order valence-electron chi connectivity index (χ2n) is 11.0. The Hall–Kier alpha value is -3.58. The Balaban J connectivity index is 1.24. The molecule has 39 heavy (non-hydrogen) atoms. The van der Waals surface area contributed by atoms with Gasteiger partial charge < -0.3 is 24.6 Å². The zero-order chi connectivity index (χ0) is 28.2. The molecule has 2 amide bonds. The minimum atomic E-state index is -0.538. The average Bonchev–Trinajstić information content (AvgIpc) is 2.89. The van der Waals surface area contributed by atoms with E-state index in [1.54, 1.807) is 29.3 Å². The summed E-state index contributed by atoms with van der Waals surface area (Å²) in [5.41, 5.74) is 0.149. The van der Waals surface area contributed by atoms with Gasteiger partial charge in [-0.3, -0.25) is 4.79 Å². The number of amides is 2. The van der Waals surface area contributed by atoms with E-state index in [1.165, 1.54) is 6.20 Å². The second kappa shape index (κ2) is 12.1. The number of rotatable bonds is 5. The lowest BCUT2D eigenvalue weighted by Crippen LogP contribution is -2.55. The Morgan fingerprint density at radius 1 is 1.13 bits per heavy atom. The van der Waals surface area contributed by atoms with E-state index in [-0.39, 0.29) is 35.9 Å². The maximum Gasteiger partial charge on any atom is 0.410 e. The van der Waals surface area contributed by atoms with Crippen molar-refractivity contribution >= 4 is 29.4 Å². The number of anilines is 1. The lowest BCUT2D eigenvalue weighted by atomic mass is 9.93. The first kappa shape index (κ1) is 28.4. The molecule has 4 rings (SSSR count). The SMILES string of the molecule is C[C@H]1CN(c2cnc(C(=O)NC3CCC(Oc4ccc(C#N)c(Cl)c4)CC3)cn2)CCN1C(=O)OC(C)(C)C. The number of ether oxygens (including phenoxy) is 2. The van der Waals surface area contributed by atoms with E-state index in [2.05, 4.69) is 20.2 Å². The summed E-state index contributed by atoms with van der Waals surface area (Å²) in [6, 6.07) is 7.09. The van der Waals surface area contributed by atoms with Crippen LogP contribution in [0.3, 0.4) is 0 Å². The molecule has 0 bridgehead atoms. The van der Waals surface area contributed by atoms with Gasteiger partial charge in [-0.2, -0.15) is 5.26 Å². The van der Waals surface area contributed by atoms with Crippen LogP contribution in [0.5, 0.6) is 5.75 Å².